The van der Waals surface area contributed by atoms with Gasteiger partial charge in [-0.2, -0.15) is 15.1 Å². The summed E-state index contributed by atoms with van der Waals surface area (Å²) in [5, 5.41) is 17.2. The molecule has 1 amide bonds. The number of hydrogen-bond donors (Lipinski definition) is 1. The number of benzene rings is 2. The number of unbranched alkanes of at least 4 members (excludes halogenated alkanes) is 2. The summed E-state index contributed by atoms with van der Waals surface area (Å²) in [4.78, 5) is 17.1. The Balaban J connectivity index is 1.48. The van der Waals surface area contributed by atoms with E-state index in [1.807, 2.05) is 12.1 Å². The molecule has 3 aromatic rings. The predicted octanol–water partition coefficient (Wildman–Crippen LogP) is 6.20. The van der Waals surface area contributed by atoms with Gasteiger partial charge in [0.1, 0.15) is 5.04 Å². The highest BCUT2D eigenvalue weighted by Crippen LogP contribution is 2.31. The second-order valence-electron chi connectivity index (χ2n) is 8.69. The molecule has 0 saturated carbocycles. The van der Waals surface area contributed by atoms with Crippen LogP contribution in [0.4, 0.5) is 0 Å². The van der Waals surface area contributed by atoms with Gasteiger partial charge in [0.05, 0.1) is 5.57 Å². The summed E-state index contributed by atoms with van der Waals surface area (Å²) in [5.41, 5.74) is 4.69. The van der Waals surface area contributed by atoms with Crippen molar-refractivity contribution in [1.29, 1.82) is 5.41 Å². The molecule has 0 bridgehead atoms. The quantitative estimate of drug-likeness (QED) is 0.331. The molecule has 0 saturated heterocycles. The van der Waals surface area contributed by atoms with Crippen LogP contribution in [-0.4, -0.2) is 31.5 Å². The van der Waals surface area contributed by atoms with Gasteiger partial charge < -0.3 is 4.57 Å². The molecule has 1 aromatic heterocycles. The smallest absolute Gasteiger partial charge is 0.283 e. The van der Waals surface area contributed by atoms with Gasteiger partial charge in [-0.25, -0.2) is 0 Å². The van der Waals surface area contributed by atoms with E-state index in [9.17, 15) is 4.79 Å². The van der Waals surface area contributed by atoms with Crippen LogP contribution in [0.3, 0.4) is 0 Å². The van der Waals surface area contributed by atoms with E-state index in [-0.39, 0.29) is 17.3 Å². The number of hydrazone groups is 1. The molecule has 1 N–H and O–H groups in total. The predicted molar refractivity (Wildman–Crippen MR) is 141 cm³/mol. The van der Waals surface area contributed by atoms with Gasteiger partial charge in [0.25, 0.3) is 5.91 Å². The fourth-order valence-electron chi connectivity index (χ4n) is 4.34. The third kappa shape index (κ3) is 4.35. The summed E-state index contributed by atoms with van der Waals surface area (Å²) in [6, 6.07) is 16.6. The monoisotopic (exact) mass is 469 g/mol. The Morgan fingerprint density at radius 2 is 1.97 bits per heavy atom. The highest BCUT2D eigenvalue weighted by molar-refractivity contribution is 8.26. The Morgan fingerprint density at radius 1 is 1.12 bits per heavy atom. The topological polar surface area (TPSA) is 73.8 Å². The molecular formula is C27H27N5OS. The maximum Gasteiger partial charge on any atom is 0.283 e. The number of hydrogen-bond acceptors (Lipinski definition) is 4. The van der Waals surface area contributed by atoms with Gasteiger partial charge >= 0.3 is 0 Å². The number of nitrogens with zero attached hydrogens (tertiary/aromatic N) is 4. The Morgan fingerprint density at radius 3 is 2.79 bits per heavy atom. The number of aromatic nitrogens is 1. The van der Waals surface area contributed by atoms with Gasteiger partial charge in [0.2, 0.25) is 5.17 Å². The van der Waals surface area contributed by atoms with Crippen LogP contribution in [0.25, 0.3) is 17.0 Å². The average molecular weight is 470 g/mol. The van der Waals surface area contributed by atoms with E-state index in [4.69, 9.17) is 5.41 Å². The Labute approximate surface area is 203 Å². The van der Waals surface area contributed by atoms with Crippen molar-refractivity contribution in [3.63, 3.8) is 0 Å². The number of thioether (sulfide) groups is 1. The highest BCUT2D eigenvalue weighted by atomic mass is 32.2. The van der Waals surface area contributed by atoms with Gasteiger partial charge in [-0.15, -0.1) is 0 Å². The van der Waals surface area contributed by atoms with E-state index in [1.54, 1.807) is 6.08 Å². The van der Waals surface area contributed by atoms with Crippen LogP contribution in [0.1, 0.15) is 49.3 Å². The lowest BCUT2D eigenvalue weighted by Crippen LogP contribution is -2.35. The first-order chi connectivity index (χ1) is 16.5. The van der Waals surface area contributed by atoms with E-state index >= 15 is 0 Å². The van der Waals surface area contributed by atoms with Crippen LogP contribution in [0.5, 0.6) is 0 Å². The van der Waals surface area contributed by atoms with Crippen molar-refractivity contribution < 1.29 is 4.79 Å². The molecule has 0 unspecified atom stereocenters. The van der Waals surface area contributed by atoms with E-state index < -0.39 is 0 Å². The maximum absolute atomic E-state index is 12.9. The first-order valence-corrected chi connectivity index (χ1v) is 12.5. The third-order valence-corrected chi connectivity index (χ3v) is 7.01. The van der Waals surface area contributed by atoms with Crippen LogP contribution < -0.4 is 0 Å². The van der Waals surface area contributed by atoms with Crippen molar-refractivity contribution in [2.45, 2.75) is 46.1 Å². The zero-order chi connectivity index (χ0) is 23.7. The Hall–Kier alpha value is -3.45. The normalized spacial score (nSPS) is 16.9. The van der Waals surface area contributed by atoms with Crippen molar-refractivity contribution in [1.82, 2.24) is 9.58 Å². The molecule has 0 atom stereocenters. The molecule has 3 heterocycles. The lowest BCUT2D eigenvalue weighted by molar-refractivity contribution is -0.114. The molecule has 2 aliphatic rings. The van der Waals surface area contributed by atoms with Crippen molar-refractivity contribution in [2.75, 3.05) is 0 Å². The number of rotatable bonds is 7. The molecule has 0 fully saturated rings. The molecule has 0 aliphatic carbocycles. The molecule has 34 heavy (non-hydrogen) atoms. The first kappa shape index (κ1) is 22.3. The summed E-state index contributed by atoms with van der Waals surface area (Å²) in [7, 11) is 0. The second-order valence-corrected chi connectivity index (χ2v) is 9.73. The maximum atomic E-state index is 12.9. The molecule has 6 nitrogen and oxygen atoms in total. The van der Waals surface area contributed by atoms with E-state index in [1.165, 1.54) is 27.9 Å². The highest BCUT2D eigenvalue weighted by Gasteiger charge is 2.35. The summed E-state index contributed by atoms with van der Waals surface area (Å²) >= 11 is 1.40. The molecule has 7 heteroatoms. The summed E-state index contributed by atoms with van der Waals surface area (Å²) < 4.78 is 2.19. The molecule has 0 spiro atoms. The first-order valence-electron chi connectivity index (χ1n) is 11.7. The minimum Gasteiger partial charge on any atom is -0.342 e. The Kier molecular flexibility index (Phi) is 6.20. The van der Waals surface area contributed by atoms with Crippen LogP contribution in [0, 0.1) is 12.3 Å². The number of amides is 1. The fraction of sp³-hybridized carbons (Fsp3) is 0.259. The zero-order valence-corrected chi connectivity index (χ0v) is 20.2. The van der Waals surface area contributed by atoms with Crippen molar-refractivity contribution in [2.24, 2.45) is 10.1 Å². The van der Waals surface area contributed by atoms with Crippen molar-refractivity contribution in [3.8, 4) is 0 Å². The van der Waals surface area contributed by atoms with E-state index in [0.29, 0.717) is 5.17 Å². The number of aliphatic imine (C=N–C) groups is 1. The number of nitrogens with one attached hydrogen (secondary N) is 1. The number of para-hydroxylation sites is 1. The van der Waals surface area contributed by atoms with Crippen molar-refractivity contribution in [3.05, 3.63) is 77.0 Å². The number of aryl methyl sites for hydroxylation is 1. The number of fused-ring (bicyclic) bond motifs is 2. The van der Waals surface area contributed by atoms with Crippen LogP contribution in [0.2, 0.25) is 0 Å². The van der Waals surface area contributed by atoms with Crippen molar-refractivity contribution >= 4 is 50.7 Å². The standard InChI is InChI=1S/C27H27N5OS/c1-3-4-5-13-24-30-32-25(28)22(26(33)29-27(32)34-24)15-20-17-31(23-12-7-6-11-21(20)23)16-19-10-8-9-18(2)14-19/h6-12,14-15,17,28H,3-5,13,16H2,1-2H3/b22-15-,28-25?. The van der Waals surface area contributed by atoms with Gasteiger partial charge in [-0.1, -0.05) is 67.8 Å². The van der Waals surface area contributed by atoms with Crippen LogP contribution in [0.15, 0.2) is 70.4 Å². The SMILES string of the molecule is CCCCCC1=NN2C(=N)/C(=C/c3cn(Cc4cccc(C)c4)c4ccccc34)C(=O)N=C2S1. The summed E-state index contributed by atoms with van der Waals surface area (Å²) in [5.74, 6) is -0.298. The average Bonchev–Trinajstić information content (AvgIpc) is 3.38. The largest absolute Gasteiger partial charge is 0.342 e. The van der Waals surface area contributed by atoms with Gasteiger partial charge in [0, 0.05) is 29.2 Å². The van der Waals surface area contributed by atoms with Gasteiger partial charge in [-0.3, -0.25) is 10.2 Å². The second kappa shape index (κ2) is 9.43. The third-order valence-electron chi connectivity index (χ3n) is 6.05. The fourth-order valence-corrected chi connectivity index (χ4v) is 5.27. The van der Waals surface area contributed by atoms with Crippen LogP contribution in [-0.2, 0) is 11.3 Å². The molecule has 2 aliphatic heterocycles. The number of carbonyl (C=O) groups excluding carboxylic acids is 1. The van der Waals surface area contributed by atoms with Crippen LogP contribution >= 0.6 is 11.8 Å². The van der Waals surface area contributed by atoms with E-state index in [2.05, 4.69) is 71.1 Å². The summed E-state index contributed by atoms with van der Waals surface area (Å²) in [6.45, 7) is 4.99. The lowest BCUT2D eigenvalue weighted by Gasteiger charge is -2.20. The number of amidine groups is 2. The van der Waals surface area contributed by atoms with Gasteiger partial charge in [0.15, 0.2) is 5.84 Å². The summed E-state index contributed by atoms with van der Waals surface area (Å²) in [6.07, 6.45) is 8.02. The van der Waals surface area contributed by atoms with Gasteiger partial charge in [-0.05, 0) is 49.2 Å². The minimum absolute atomic E-state index is 0.0866. The Bertz CT molecular complexity index is 1380. The minimum atomic E-state index is -0.385. The van der Waals surface area contributed by atoms with E-state index in [0.717, 1.165) is 53.7 Å². The zero-order valence-electron chi connectivity index (χ0n) is 19.4. The molecular weight excluding hydrogens is 442 g/mol. The molecule has 0 radical (unpaired) electrons. The number of carbonyl (C=O) groups is 1. The molecule has 172 valence electrons. The molecule has 5 rings (SSSR count). The lowest BCUT2D eigenvalue weighted by atomic mass is 10.1. The molecule has 2 aromatic carbocycles.